The van der Waals surface area contributed by atoms with Gasteiger partial charge in [-0.25, -0.2) is 4.39 Å². The van der Waals surface area contributed by atoms with E-state index in [0.29, 0.717) is 49.8 Å². The number of benzene rings is 2. The Hall–Kier alpha value is -2.06. The van der Waals surface area contributed by atoms with Crippen molar-refractivity contribution in [2.45, 2.75) is 31.3 Å². The van der Waals surface area contributed by atoms with Crippen molar-refractivity contribution in [3.05, 3.63) is 58.9 Å². The predicted octanol–water partition coefficient (Wildman–Crippen LogP) is 4.33. The van der Waals surface area contributed by atoms with Gasteiger partial charge >= 0.3 is 0 Å². The van der Waals surface area contributed by atoms with Crippen molar-refractivity contribution >= 4 is 29.9 Å². The molecule has 2 N–H and O–H groups in total. The van der Waals surface area contributed by atoms with Crippen LogP contribution in [0.1, 0.15) is 36.0 Å². The lowest BCUT2D eigenvalue weighted by Gasteiger charge is -2.38. The quantitative estimate of drug-likeness (QED) is 0.577. The van der Waals surface area contributed by atoms with Crippen LogP contribution in [0.4, 0.5) is 4.39 Å². The summed E-state index contributed by atoms with van der Waals surface area (Å²) in [6, 6.07) is 11.4. The molecule has 0 aliphatic carbocycles. The molecule has 2 saturated heterocycles. The standard InChI is InChI=1S/C25H30ClFN2O4.ClH/c26-22-15-21(5-6-23(22)27)33-17-25(31)9-13-29(14-10-25)24(30)19-1-3-20(4-2-19)32-16-18-7-11-28-12-8-18;/h1-6,15,18,28,31H,7-14,16-17H2;1H. The second-order valence-corrected chi connectivity index (χ2v) is 9.32. The molecule has 1 amide bonds. The monoisotopic (exact) mass is 512 g/mol. The number of likely N-dealkylation sites (tertiary alicyclic amines) is 1. The number of hydrogen-bond acceptors (Lipinski definition) is 5. The van der Waals surface area contributed by atoms with Gasteiger partial charge in [0.2, 0.25) is 0 Å². The van der Waals surface area contributed by atoms with Crippen molar-refractivity contribution in [3.63, 3.8) is 0 Å². The first-order valence-electron chi connectivity index (χ1n) is 11.4. The molecule has 4 rings (SSSR count). The fourth-order valence-corrected chi connectivity index (χ4v) is 4.36. The van der Waals surface area contributed by atoms with Crippen LogP contribution < -0.4 is 14.8 Å². The molecule has 0 atom stereocenters. The zero-order valence-corrected chi connectivity index (χ0v) is 20.5. The summed E-state index contributed by atoms with van der Waals surface area (Å²) in [5, 5.41) is 14.2. The van der Waals surface area contributed by atoms with Crippen LogP contribution in [0.5, 0.6) is 11.5 Å². The second-order valence-electron chi connectivity index (χ2n) is 8.91. The number of rotatable bonds is 7. The molecule has 0 spiro atoms. The van der Waals surface area contributed by atoms with Gasteiger partial charge in [0.05, 0.1) is 11.6 Å². The Morgan fingerprint density at radius 2 is 1.74 bits per heavy atom. The highest BCUT2D eigenvalue weighted by Gasteiger charge is 2.35. The van der Waals surface area contributed by atoms with Crippen molar-refractivity contribution in [3.8, 4) is 11.5 Å². The molecular weight excluding hydrogens is 482 g/mol. The van der Waals surface area contributed by atoms with Crippen LogP contribution in [0, 0.1) is 11.7 Å². The Morgan fingerprint density at radius 3 is 2.38 bits per heavy atom. The Morgan fingerprint density at radius 1 is 1.09 bits per heavy atom. The van der Waals surface area contributed by atoms with Gasteiger partial charge in [-0.15, -0.1) is 12.4 Å². The van der Waals surface area contributed by atoms with Crippen LogP contribution in [0.3, 0.4) is 0 Å². The zero-order chi connectivity index (χ0) is 23.3. The minimum Gasteiger partial charge on any atom is -0.493 e. The number of aliphatic hydroxyl groups is 1. The van der Waals surface area contributed by atoms with Gasteiger partial charge in [0.1, 0.15) is 29.5 Å². The topological polar surface area (TPSA) is 71.0 Å². The summed E-state index contributed by atoms with van der Waals surface area (Å²) < 4.78 is 24.8. The van der Waals surface area contributed by atoms with Gasteiger partial charge < -0.3 is 24.8 Å². The van der Waals surface area contributed by atoms with Crippen LogP contribution >= 0.6 is 24.0 Å². The van der Waals surface area contributed by atoms with Crippen LogP contribution in [0.25, 0.3) is 0 Å². The van der Waals surface area contributed by atoms with E-state index in [2.05, 4.69) is 5.32 Å². The maximum absolute atomic E-state index is 13.3. The Labute approximate surface area is 210 Å². The maximum Gasteiger partial charge on any atom is 0.253 e. The third-order valence-electron chi connectivity index (χ3n) is 6.43. The number of carbonyl (C=O) groups excluding carboxylic acids is 1. The fraction of sp³-hybridized carbons (Fsp3) is 0.480. The summed E-state index contributed by atoms with van der Waals surface area (Å²) in [6.45, 7) is 3.69. The fourth-order valence-electron chi connectivity index (χ4n) is 4.19. The van der Waals surface area contributed by atoms with Crippen molar-refractivity contribution < 1.29 is 23.8 Å². The number of amides is 1. The molecule has 2 aliphatic rings. The van der Waals surface area contributed by atoms with Gasteiger partial charge in [-0.05, 0) is 81.1 Å². The number of ether oxygens (including phenoxy) is 2. The number of carbonyl (C=O) groups is 1. The smallest absolute Gasteiger partial charge is 0.253 e. The second kappa shape index (κ2) is 12.1. The van der Waals surface area contributed by atoms with Crippen LogP contribution in [-0.4, -0.2) is 60.9 Å². The molecule has 34 heavy (non-hydrogen) atoms. The van der Waals surface area contributed by atoms with E-state index < -0.39 is 11.4 Å². The molecule has 9 heteroatoms. The summed E-state index contributed by atoms with van der Waals surface area (Å²) in [7, 11) is 0. The summed E-state index contributed by atoms with van der Waals surface area (Å²) in [5.41, 5.74) is -0.448. The minimum absolute atomic E-state index is 0. The molecule has 2 aromatic rings. The molecule has 0 bridgehead atoms. The molecule has 186 valence electrons. The summed E-state index contributed by atoms with van der Waals surface area (Å²) in [4.78, 5) is 14.6. The number of hydrogen-bond donors (Lipinski definition) is 2. The molecule has 2 aliphatic heterocycles. The van der Waals surface area contributed by atoms with E-state index in [1.165, 1.54) is 18.2 Å². The van der Waals surface area contributed by atoms with Crippen LogP contribution in [-0.2, 0) is 0 Å². The molecule has 0 aromatic heterocycles. The zero-order valence-electron chi connectivity index (χ0n) is 19.0. The molecule has 0 unspecified atom stereocenters. The number of nitrogens with zero attached hydrogens (tertiary/aromatic N) is 1. The number of halogens is 3. The van der Waals surface area contributed by atoms with E-state index in [-0.39, 0.29) is 29.9 Å². The summed E-state index contributed by atoms with van der Waals surface area (Å²) in [6.07, 6.45) is 3.04. The normalized spacial score (nSPS) is 18.1. The van der Waals surface area contributed by atoms with Crippen LogP contribution in [0.2, 0.25) is 5.02 Å². The van der Waals surface area contributed by atoms with Gasteiger partial charge in [-0.2, -0.15) is 0 Å². The molecule has 0 saturated carbocycles. The Bertz CT molecular complexity index is 946. The van der Waals surface area contributed by atoms with Gasteiger partial charge in [-0.3, -0.25) is 4.79 Å². The van der Waals surface area contributed by atoms with Gasteiger partial charge in [0, 0.05) is 24.7 Å². The molecule has 2 fully saturated rings. The minimum atomic E-state index is -1.05. The molecule has 2 heterocycles. The number of nitrogens with one attached hydrogen (secondary N) is 1. The van der Waals surface area contributed by atoms with E-state index in [1.807, 2.05) is 12.1 Å². The highest BCUT2D eigenvalue weighted by molar-refractivity contribution is 6.30. The first-order chi connectivity index (χ1) is 15.9. The van der Waals surface area contributed by atoms with Crippen molar-refractivity contribution in [2.24, 2.45) is 5.92 Å². The first-order valence-corrected chi connectivity index (χ1v) is 11.8. The highest BCUT2D eigenvalue weighted by atomic mass is 35.5. The third-order valence-corrected chi connectivity index (χ3v) is 6.72. The molecule has 6 nitrogen and oxygen atoms in total. The predicted molar refractivity (Wildman–Crippen MR) is 132 cm³/mol. The van der Waals surface area contributed by atoms with Crippen molar-refractivity contribution in [2.75, 3.05) is 39.4 Å². The first kappa shape index (κ1) is 26.5. The average molecular weight is 513 g/mol. The van der Waals surface area contributed by atoms with E-state index in [0.717, 1.165) is 31.7 Å². The van der Waals surface area contributed by atoms with Gasteiger partial charge in [0.15, 0.2) is 0 Å². The van der Waals surface area contributed by atoms with Gasteiger partial charge in [-0.1, -0.05) is 11.6 Å². The lowest BCUT2D eigenvalue weighted by molar-refractivity contribution is -0.0475. The van der Waals surface area contributed by atoms with Crippen molar-refractivity contribution in [1.29, 1.82) is 0 Å². The summed E-state index contributed by atoms with van der Waals surface area (Å²) in [5.74, 6) is 1.17. The van der Waals surface area contributed by atoms with E-state index in [9.17, 15) is 14.3 Å². The summed E-state index contributed by atoms with van der Waals surface area (Å²) >= 11 is 5.77. The van der Waals surface area contributed by atoms with Gasteiger partial charge in [0.25, 0.3) is 5.91 Å². The lowest BCUT2D eigenvalue weighted by atomic mass is 9.92. The number of piperidine rings is 2. The largest absolute Gasteiger partial charge is 0.493 e. The average Bonchev–Trinajstić information content (AvgIpc) is 2.85. The maximum atomic E-state index is 13.3. The van der Waals surface area contributed by atoms with Crippen LogP contribution in [0.15, 0.2) is 42.5 Å². The van der Waals surface area contributed by atoms with E-state index in [1.54, 1.807) is 17.0 Å². The SMILES string of the molecule is Cl.O=C(c1ccc(OCC2CCNCC2)cc1)N1CCC(O)(COc2ccc(F)c(Cl)c2)CC1. The highest BCUT2D eigenvalue weighted by Crippen LogP contribution is 2.27. The molecule has 0 radical (unpaired) electrons. The third kappa shape index (κ3) is 6.98. The Kier molecular flexibility index (Phi) is 9.42. The van der Waals surface area contributed by atoms with E-state index >= 15 is 0 Å². The molecule has 2 aromatic carbocycles. The van der Waals surface area contributed by atoms with E-state index in [4.69, 9.17) is 21.1 Å². The molecular formula is C25H31Cl2FN2O4. The Balaban J connectivity index is 0.00000324. The lowest BCUT2D eigenvalue weighted by Crippen LogP contribution is -2.49. The van der Waals surface area contributed by atoms with Crippen molar-refractivity contribution in [1.82, 2.24) is 10.2 Å².